The monoisotopic (exact) mass is 484 g/mol. The molecule has 0 radical (unpaired) electrons. The van der Waals surface area contributed by atoms with E-state index in [0.717, 1.165) is 54.8 Å². The number of nitrogens with one attached hydrogen (secondary N) is 1. The Labute approximate surface area is 204 Å². The molecular formula is C27H20N2O3S2. The van der Waals surface area contributed by atoms with E-state index in [0.29, 0.717) is 5.56 Å². The number of thiophene rings is 1. The summed E-state index contributed by atoms with van der Waals surface area (Å²) in [6, 6.07) is 23.4. The van der Waals surface area contributed by atoms with Gasteiger partial charge in [-0.1, -0.05) is 36.4 Å². The molecule has 1 aliphatic rings. The molecule has 0 saturated heterocycles. The third kappa shape index (κ3) is 3.83. The van der Waals surface area contributed by atoms with Gasteiger partial charge in [0.25, 0.3) is 5.91 Å². The van der Waals surface area contributed by atoms with Gasteiger partial charge in [-0.2, -0.15) is 0 Å². The number of anilines is 1. The van der Waals surface area contributed by atoms with Crippen LogP contribution in [0.2, 0.25) is 0 Å². The number of nitrogens with zero attached hydrogens (tertiary/aromatic N) is 1. The van der Waals surface area contributed by atoms with E-state index in [4.69, 9.17) is 14.5 Å². The normalized spacial score (nSPS) is 12.3. The van der Waals surface area contributed by atoms with Gasteiger partial charge >= 0.3 is 0 Å². The van der Waals surface area contributed by atoms with Gasteiger partial charge in [-0.3, -0.25) is 4.79 Å². The first kappa shape index (κ1) is 20.9. The van der Waals surface area contributed by atoms with E-state index in [9.17, 15) is 4.79 Å². The Balaban J connectivity index is 1.41. The minimum Gasteiger partial charge on any atom is -0.454 e. The summed E-state index contributed by atoms with van der Waals surface area (Å²) in [6.45, 7) is 2.37. The zero-order valence-corrected chi connectivity index (χ0v) is 20.0. The zero-order valence-electron chi connectivity index (χ0n) is 18.3. The van der Waals surface area contributed by atoms with Gasteiger partial charge < -0.3 is 14.8 Å². The molecule has 0 saturated carbocycles. The van der Waals surface area contributed by atoms with E-state index in [1.54, 1.807) is 22.7 Å². The van der Waals surface area contributed by atoms with Crippen LogP contribution in [0.3, 0.4) is 0 Å². The van der Waals surface area contributed by atoms with Crippen molar-refractivity contribution in [1.82, 2.24) is 4.98 Å². The number of hydrogen-bond acceptors (Lipinski definition) is 6. The molecule has 0 bridgehead atoms. The molecule has 2 aromatic heterocycles. The summed E-state index contributed by atoms with van der Waals surface area (Å²) in [7, 11) is 0. The van der Waals surface area contributed by atoms with Crippen molar-refractivity contribution in [3.8, 4) is 22.1 Å². The number of hydrogen-bond donors (Lipinski definition) is 1. The highest BCUT2D eigenvalue weighted by molar-refractivity contribution is 7.23. The molecule has 5 aromatic rings. The number of carbonyl (C=O) groups excluding carboxylic acids is 1. The lowest BCUT2D eigenvalue weighted by atomic mass is 10.1. The fraction of sp³-hybridized carbons (Fsp3) is 0.111. The second-order valence-electron chi connectivity index (χ2n) is 8.03. The molecule has 1 N–H and O–H groups in total. The molecule has 1 amide bonds. The maximum atomic E-state index is 13.0. The van der Waals surface area contributed by atoms with Crippen LogP contribution in [0.1, 0.15) is 26.4 Å². The van der Waals surface area contributed by atoms with Crippen molar-refractivity contribution in [1.29, 1.82) is 0 Å². The second kappa shape index (κ2) is 8.59. The van der Waals surface area contributed by atoms with Crippen LogP contribution in [-0.4, -0.2) is 17.7 Å². The Morgan fingerprint density at radius 3 is 2.62 bits per heavy atom. The lowest BCUT2D eigenvalue weighted by Gasteiger charge is -2.05. The highest BCUT2D eigenvalue weighted by atomic mass is 32.1. The van der Waals surface area contributed by atoms with Crippen LogP contribution in [0.5, 0.6) is 11.5 Å². The fourth-order valence-corrected chi connectivity index (χ4v) is 6.43. The Morgan fingerprint density at radius 2 is 1.76 bits per heavy atom. The minimum absolute atomic E-state index is 0.126. The number of amides is 1. The van der Waals surface area contributed by atoms with E-state index in [-0.39, 0.29) is 12.7 Å². The Morgan fingerprint density at radius 1 is 0.971 bits per heavy atom. The van der Waals surface area contributed by atoms with Crippen molar-refractivity contribution in [2.24, 2.45) is 0 Å². The quantitative estimate of drug-likeness (QED) is 0.295. The van der Waals surface area contributed by atoms with Crippen molar-refractivity contribution in [2.75, 3.05) is 12.1 Å². The van der Waals surface area contributed by atoms with Gasteiger partial charge in [-0.15, -0.1) is 22.7 Å². The summed E-state index contributed by atoms with van der Waals surface area (Å²) in [5.41, 5.74) is 4.84. The number of benzene rings is 3. The molecule has 3 aromatic carbocycles. The van der Waals surface area contributed by atoms with E-state index in [1.165, 1.54) is 4.88 Å². The van der Waals surface area contributed by atoms with Gasteiger partial charge in [0.2, 0.25) is 6.79 Å². The first-order valence-electron chi connectivity index (χ1n) is 10.9. The predicted octanol–water partition coefficient (Wildman–Crippen LogP) is 6.91. The van der Waals surface area contributed by atoms with Crippen molar-refractivity contribution in [2.45, 2.75) is 13.3 Å². The number of para-hydroxylation sites is 1. The summed E-state index contributed by atoms with van der Waals surface area (Å²) >= 11 is 3.25. The summed E-state index contributed by atoms with van der Waals surface area (Å²) in [4.78, 5) is 19.1. The van der Waals surface area contributed by atoms with E-state index in [1.807, 2.05) is 60.7 Å². The Kier molecular flexibility index (Phi) is 5.28. The van der Waals surface area contributed by atoms with Gasteiger partial charge in [0, 0.05) is 22.4 Å². The average Bonchev–Trinajstić information content (AvgIpc) is 3.56. The predicted molar refractivity (Wildman–Crippen MR) is 137 cm³/mol. The summed E-state index contributed by atoms with van der Waals surface area (Å²) in [6.07, 6.45) is 0.728. The van der Waals surface area contributed by atoms with E-state index >= 15 is 0 Å². The molecule has 1 aliphatic heterocycles. The summed E-state index contributed by atoms with van der Waals surface area (Å²) in [5.74, 6) is 1.42. The van der Waals surface area contributed by atoms with E-state index in [2.05, 4.69) is 24.4 Å². The van der Waals surface area contributed by atoms with Crippen LogP contribution < -0.4 is 14.8 Å². The van der Waals surface area contributed by atoms with Crippen LogP contribution >= 0.6 is 22.7 Å². The largest absolute Gasteiger partial charge is 0.454 e. The van der Waals surface area contributed by atoms with Crippen LogP contribution in [0, 0.1) is 6.92 Å². The van der Waals surface area contributed by atoms with E-state index < -0.39 is 0 Å². The highest BCUT2D eigenvalue weighted by Crippen LogP contribution is 2.44. The molecule has 34 heavy (non-hydrogen) atoms. The molecule has 3 heterocycles. The standard InChI is InChI=1S/C27H20N2O3S2/c1-16-23(14-17-11-12-20-21(13-17)32-15-31-20)34-27(29-25(30)18-7-3-2-4-8-18)24(16)26-28-19-9-5-6-10-22(19)33-26/h2-13H,14-15H2,1H3,(H,29,30). The molecule has 0 aliphatic carbocycles. The lowest BCUT2D eigenvalue weighted by Crippen LogP contribution is -2.11. The molecule has 0 unspecified atom stereocenters. The maximum Gasteiger partial charge on any atom is 0.256 e. The summed E-state index contributed by atoms with van der Waals surface area (Å²) < 4.78 is 12.1. The van der Waals surface area contributed by atoms with Crippen LogP contribution in [0.15, 0.2) is 72.8 Å². The summed E-state index contributed by atoms with van der Waals surface area (Å²) in [5, 5.41) is 4.89. The first-order chi connectivity index (χ1) is 16.7. The Hall–Kier alpha value is -3.68. The van der Waals surface area contributed by atoms with Gasteiger partial charge in [0.05, 0.1) is 10.2 Å². The number of fused-ring (bicyclic) bond motifs is 2. The number of carbonyl (C=O) groups is 1. The maximum absolute atomic E-state index is 13.0. The highest BCUT2D eigenvalue weighted by Gasteiger charge is 2.22. The molecule has 5 nitrogen and oxygen atoms in total. The third-order valence-electron chi connectivity index (χ3n) is 5.82. The number of rotatable bonds is 5. The van der Waals surface area contributed by atoms with Gasteiger partial charge in [0.1, 0.15) is 10.0 Å². The fourth-order valence-electron chi connectivity index (χ4n) is 4.05. The zero-order chi connectivity index (χ0) is 23.1. The molecule has 0 atom stereocenters. The second-order valence-corrected chi connectivity index (χ2v) is 10.2. The van der Waals surface area contributed by atoms with Crippen LogP contribution in [0.25, 0.3) is 20.8 Å². The van der Waals surface area contributed by atoms with Gasteiger partial charge in [-0.25, -0.2) is 4.98 Å². The van der Waals surface area contributed by atoms with Gasteiger partial charge in [-0.05, 0) is 54.4 Å². The van der Waals surface area contributed by atoms with Gasteiger partial charge in [0.15, 0.2) is 11.5 Å². The molecule has 7 heteroatoms. The molecular weight excluding hydrogens is 464 g/mol. The average molecular weight is 485 g/mol. The lowest BCUT2D eigenvalue weighted by molar-refractivity contribution is 0.102. The van der Waals surface area contributed by atoms with Crippen molar-refractivity contribution < 1.29 is 14.3 Å². The van der Waals surface area contributed by atoms with Crippen LogP contribution in [-0.2, 0) is 6.42 Å². The SMILES string of the molecule is Cc1c(Cc2ccc3c(c2)OCO3)sc(NC(=O)c2ccccc2)c1-c1nc2ccccc2s1. The molecule has 6 rings (SSSR count). The first-order valence-corrected chi connectivity index (χ1v) is 12.5. The van der Waals surface area contributed by atoms with Crippen molar-refractivity contribution >= 4 is 43.8 Å². The number of thiazole rings is 1. The van der Waals surface area contributed by atoms with Crippen molar-refractivity contribution in [3.05, 3.63) is 94.4 Å². The third-order valence-corrected chi connectivity index (χ3v) is 8.08. The molecule has 0 spiro atoms. The number of aromatic nitrogens is 1. The smallest absolute Gasteiger partial charge is 0.256 e. The van der Waals surface area contributed by atoms with Crippen LogP contribution in [0.4, 0.5) is 5.00 Å². The minimum atomic E-state index is -0.126. The Bertz CT molecular complexity index is 1490. The molecule has 168 valence electrons. The molecule has 0 fully saturated rings. The van der Waals surface area contributed by atoms with Crippen molar-refractivity contribution in [3.63, 3.8) is 0 Å². The number of ether oxygens (including phenoxy) is 2. The topological polar surface area (TPSA) is 60.5 Å².